The van der Waals surface area contributed by atoms with Crippen LogP contribution in [0.3, 0.4) is 0 Å². The van der Waals surface area contributed by atoms with Gasteiger partial charge in [0.15, 0.2) is 13.1 Å². The zero-order chi connectivity index (χ0) is 55.3. The molecule has 0 rings (SSSR count). The smallest absolute Gasteiger partial charge is 0.362 e. The van der Waals surface area contributed by atoms with Gasteiger partial charge < -0.3 is 47.6 Å². The minimum atomic E-state index is -0.774. The topological polar surface area (TPSA) is 198 Å². The number of hydrogen-bond acceptors (Lipinski definition) is 14. The second-order valence-electron chi connectivity index (χ2n) is 21.4. The number of quaternary nitrogens is 2. The van der Waals surface area contributed by atoms with Crippen molar-refractivity contribution in [3.8, 4) is 0 Å². The number of ether oxygens (including phenoxy) is 6. The van der Waals surface area contributed by atoms with E-state index in [0.29, 0.717) is 73.8 Å². The number of likely N-dealkylation sites (N-methyl/N-ethyl adjacent to an activating group) is 2. The van der Waals surface area contributed by atoms with Crippen molar-refractivity contribution in [2.24, 2.45) is 0 Å². The number of aliphatic hydroxyl groups is 2. The monoisotopic (exact) mass is 1050 g/mol. The summed E-state index contributed by atoms with van der Waals surface area (Å²) in [5.74, 6) is -1.75. The number of rotatable bonds is 49. The minimum absolute atomic E-state index is 0.123. The standard InChI is InChI=1S/C58H106N2O14/c1-9-11-27-37-53(73-57(67)47-59(5,6)41-45-69-49(3)61)51(63)35-29-21-17-13-15-19-23-31-39-55(65)71-43-33-25-26-34-44-72-56(66)40-32-24-20-16-14-18-22-30-36-52(64)54(38-28-12-10-2)74-58(68)48-60(7,8)42-46-70-50(4)62/h21-22,29-30,51-54,63-64H,9-20,23-28,31-48H2,1-8H3/q+2. The number of allylic oxidation sites excluding steroid dienone is 2. The fraction of sp³-hybridized carbons (Fsp3) is 0.828. The highest BCUT2D eigenvalue weighted by Gasteiger charge is 2.29. The first-order valence-corrected chi connectivity index (χ1v) is 28.6. The maximum absolute atomic E-state index is 12.8. The van der Waals surface area contributed by atoms with Crippen LogP contribution in [0.1, 0.15) is 207 Å². The van der Waals surface area contributed by atoms with Crippen molar-refractivity contribution >= 4 is 35.8 Å². The van der Waals surface area contributed by atoms with E-state index in [1.165, 1.54) is 13.8 Å². The molecule has 0 aliphatic carbocycles. The van der Waals surface area contributed by atoms with E-state index in [4.69, 9.17) is 28.4 Å². The van der Waals surface area contributed by atoms with Gasteiger partial charge in [-0.05, 0) is 103 Å². The van der Waals surface area contributed by atoms with Gasteiger partial charge in [0, 0.05) is 26.7 Å². The van der Waals surface area contributed by atoms with Crippen LogP contribution in [0.4, 0.5) is 0 Å². The number of unbranched alkanes of at least 4 members (excludes halogenated alkanes) is 17. The Labute approximate surface area is 447 Å². The third-order valence-corrected chi connectivity index (χ3v) is 12.9. The Kier molecular flexibility index (Phi) is 43.0. The molecule has 0 spiro atoms. The summed E-state index contributed by atoms with van der Waals surface area (Å²) < 4.78 is 33.0. The van der Waals surface area contributed by atoms with Crippen LogP contribution in [-0.4, -0.2) is 160 Å². The second-order valence-corrected chi connectivity index (χ2v) is 21.4. The Morgan fingerprint density at radius 2 is 0.770 bits per heavy atom. The number of aliphatic hydroxyl groups excluding tert-OH is 2. The average Bonchev–Trinajstić information content (AvgIpc) is 3.32. The average molecular weight is 1060 g/mol. The molecule has 0 fully saturated rings. The van der Waals surface area contributed by atoms with Gasteiger partial charge >= 0.3 is 35.8 Å². The van der Waals surface area contributed by atoms with Gasteiger partial charge in [0.25, 0.3) is 0 Å². The summed E-state index contributed by atoms with van der Waals surface area (Å²) in [5, 5.41) is 21.8. The molecule has 4 unspecified atom stereocenters. The summed E-state index contributed by atoms with van der Waals surface area (Å²) in [6.07, 6.45) is 29.2. The zero-order valence-electron chi connectivity index (χ0n) is 47.8. The minimum Gasteiger partial charge on any atom is -0.466 e. The zero-order valence-corrected chi connectivity index (χ0v) is 47.8. The number of hydrogen-bond donors (Lipinski definition) is 2. The molecule has 430 valence electrons. The summed E-state index contributed by atoms with van der Waals surface area (Å²) in [5.41, 5.74) is 0. The summed E-state index contributed by atoms with van der Waals surface area (Å²) in [7, 11) is 7.52. The van der Waals surface area contributed by atoms with Gasteiger partial charge in [-0.3, -0.25) is 19.2 Å². The molecule has 74 heavy (non-hydrogen) atoms. The summed E-state index contributed by atoms with van der Waals surface area (Å²) in [6, 6.07) is 0. The molecule has 0 radical (unpaired) electrons. The number of esters is 6. The second kappa shape index (κ2) is 45.3. The van der Waals surface area contributed by atoms with E-state index < -0.39 is 24.4 Å². The highest BCUT2D eigenvalue weighted by Crippen LogP contribution is 2.18. The third kappa shape index (κ3) is 44.4. The lowest BCUT2D eigenvalue weighted by molar-refractivity contribution is -0.883. The van der Waals surface area contributed by atoms with Gasteiger partial charge in [-0.25, -0.2) is 9.59 Å². The predicted molar refractivity (Wildman–Crippen MR) is 290 cm³/mol. The first kappa shape index (κ1) is 70.1. The van der Waals surface area contributed by atoms with Crippen LogP contribution in [0.25, 0.3) is 0 Å². The van der Waals surface area contributed by atoms with Gasteiger partial charge in [0.05, 0.1) is 53.6 Å². The maximum Gasteiger partial charge on any atom is 0.362 e. The molecule has 0 bridgehead atoms. The Morgan fingerprint density at radius 3 is 1.14 bits per heavy atom. The summed E-state index contributed by atoms with van der Waals surface area (Å²) in [4.78, 5) is 72.1. The van der Waals surface area contributed by atoms with E-state index >= 15 is 0 Å². The Hall–Kier alpha value is -3.86. The van der Waals surface area contributed by atoms with Crippen molar-refractivity contribution in [3.63, 3.8) is 0 Å². The van der Waals surface area contributed by atoms with Gasteiger partial charge in [-0.15, -0.1) is 0 Å². The molecule has 16 nitrogen and oxygen atoms in total. The number of nitrogens with zero attached hydrogens (tertiary/aromatic N) is 2. The van der Waals surface area contributed by atoms with Crippen LogP contribution in [0.15, 0.2) is 24.3 Å². The first-order chi connectivity index (χ1) is 35.3. The van der Waals surface area contributed by atoms with Crippen LogP contribution in [0.2, 0.25) is 0 Å². The lowest BCUT2D eigenvalue weighted by atomic mass is 10.0. The molecule has 0 heterocycles. The van der Waals surface area contributed by atoms with Gasteiger partial charge in [-0.2, -0.15) is 0 Å². The molecule has 0 saturated heterocycles. The molecule has 2 N–H and O–H groups in total. The molecule has 16 heteroatoms. The number of carbonyl (C=O) groups is 6. The predicted octanol–water partition coefficient (Wildman–Crippen LogP) is 9.97. The van der Waals surface area contributed by atoms with E-state index in [1.807, 2.05) is 40.3 Å². The normalized spacial score (nSPS) is 13.6. The molecule has 0 aliphatic heterocycles. The van der Waals surface area contributed by atoms with Crippen molar-refractivity contribution in [2.75, 3.05) is 80.8 Å². The SMILES string of the molecule is CCCCCC(OC(=O)C[N+](C)(C)CCOC(C)=O)C(O)CC=CCCCCCCCC(=O)OCCCCCCOC(=O)CCCCCCCC=CCC(O)C(CCCCC)OC(=O)C[N+](C)(C)CCOC(C)=O. The van der Waals surface area contributed by atoms with Crippen molar-refractivity contribution < 1.29 is 76.4 Å². The van der Waals surface area contributed by atoms with E-state index in [1.54, 1.807) is 0 Å². The lowest BCUT2D eigenvalue weighted by Crippen LogP contribution is -2.47. The molecular weight excluding hydrogens is 949 g/mol. The highest BCUT2D eigenvalue weighted by molar-refractivity contribution is 5.71. The van der Waals surface area contributed by atoms with Crippen molar-refractivity contribution in [1.82, 2.24) is 0 Å². The Bertz CT molecular complexity index is 1440. The maximum atomic E-state index is 12.8. The molecule has 0 aliphatic rings. The van der Waals surface area contributed by atoms with Crippen molar-refractivity contribution in [2.45, 2.75) is 232 Å². The van der Waals surface area contributed by atoms with Crippen LogP contribution < -0.4 is 0 Å². The van der Waals surface area contributed by atoms with E-state index in [-0.39, 0.29) is 62.1 Å². The van der Waals surface area contributed by atoms with E-state index in [0.717, 1.165) is 141 Å². The Balaban J connectivity index is 4.00. The van der Waals surface area contributed by atoms with Gasteiger partial charge in [-0.1, -0.05) is 102 Å². The summed E-state index contributed by atoms with van der Waals surface area (Å²) in [6.45, 7) is 9.43. The van der Waals surface area contributed by atoms with E-state index in [9.17, 15) is 39.0 Å². The van der Waals surface area contributed by atoms with Gasteiger partial charge in [0.2, 0.25) is 0 Å². The molecular formula is C58H106N2O14+2. The van der Waals surface area contributed by atoms with Crippen molar-refractivity contribution in [1.29, 1.82) is 0 Å². The molecule has 0 aromatic heterocycles. The van der Waals surface area contributed by atoms with Gasteiger partial charge in [0.1, 0.15) is 38.5 Å². The van der Waals surface area contributed by atoms with Crippen LogP contribution in [0.5, 0.6) is 0 Å². The number of carbonyl (C=O) groups excluding carboxylic acids is 6. The lowest BCUT2D eigenvalue weighted by Gasteiger charge is -2.30. The molecule has 4 atom stereocenters. The van der Waals surface area contributed by atoms with Crippen molar-refractivity contribution in [3.05, 3.63) is 24.3 Å². The third-order valence-electron chi connectivity index (χ3n) is 12.9. The first-order valence-electron chi connectivity index (χ1n) is 28.6. The molecule has 0 saturated carbocycles. The van der Waals surface area contributed by atoms with Crippen LogP contribution in [0, 0.1) is 0 Å². The molecule has 0 aromatic carbocycles. The quantitative estimate of drug-likeness (QED) is 0.0192. The van der Waals surface area contributed by atoms with E-state index in [2.05, 4.69) is 26.0 Å². The fourth-order valence-corrected chi connectivity index (χ4v) is 8.20. The fourth-order valence-electron chi connectivity index (χ4n) is 8.20. The highest BCUT2D eigenvalue weighted by atomic mass is 16.6. The van der Waals surface area contributed by atoms with Crippen LogP contribution in [-0.2, 0) is 57.2 Å². The Morgan fingerprint density at radius 1 is 0.419 bits per heavy atom. The molecule has 0 aromatic rings. The largest absolute Gasteiger partial charge is 0.466 e. The molecule has 0 amide bonds. The van der Waals surface area contributed by atoms with Crippen LogP contribution >= 0.6 is 0 Å². The summed E-state index contributed by atoms with van der Waals surface area (Å²) >= 11 is 0.